The third-order valence-corrected chi connectivity index (χ3v) is 5.76. The molecule has 2 aromatic heterocycles. The molecule has 0 saturated carbocycles. The molecule has 0 saturated heterocycles. The van der Waals surface area contributed by atoms with Crippen LogP contribution in [0.25, 0.3) is 16.9 Å². The number of aryl methyl sites for hydroxylation is 3. The topological polar surface area (TPSA) is 79.3 Å². The Balaban J connectivity index is 1.99. The van der Waals surface area contributed by atoms with Crippen LogP contribution < -0.4 is 4.57 Å². The number of hydrogen-bond donors (Lipinski definition) is 1. The first kappa shape index (κ1) is 19.2. The molecule has 7 heteroatoms. The van der Waals surface area contributed by atoms with Crippen molar-refractivity contribution >= 4 is 26.9 Å². The van der Waals surface area contributed by atoms with Gasteiger partial charge in [-0.3, -0.25) is 4.55 Å². The van der Waals surface area contributed by atoms with Crippen molar-refractivity contribution in [2.24, 2.45) is 4.36 Å². The second-order valence-electron chi connectivity index (χ2n) is 7.06. The Labute approximate surface area is 169 Å². The van der Waals surface area contributed by atoms with Crippen molar-refractivity contribution in [3.05, 3.63) is 83.7 Å². The molecule has 0 radical (unpaired) electrons. The molecule has 1 unspecified atom stereocenters. The van der Waals surface area contributed by atoms with Gasteiger partial charge in [-0.1, -0.05) is 29.8 Å². The summed E-state index contributed by atoms with van der Waals surface area (Å²) < 4.78 is 29.7. The summed E-state index contributed by atoms with van der Waals surface area (Å²) in [5, 5.41) is 0. The first-order valence-corrected chi connectivity index (χ1v) is 10.6. The van der Waals surface area contributed by atoms with Gasteiger partial charge in [0.15, 0.2) is 10.0 Å². The second kappa shape index (κ2) is 7.35. The fourth-order valence-electron chi connectivity index (χ4n) is 3.13. The number of fused-ring (bicyclic) bond motifs is 1. The van der Waals surface area contributed by atoms with Crippen LogP contribution in [0.4, 0.5) is 5.82 Å². The quantitative estimate of drug-likeness (QED) is 0.510. The molecule has 0 aliphatic carbocycles. The van der Waals surface area contributed by atoms with E-state index in [2.05, 4.69) is 14.3 Å². The minimum Gasteiger partial charge on any atom is -0.296 e. The number of pyridine rings is 1. The number of aromatic nitrogens is 3. The van der Waals surface area contributed by atoms with Crippen LogP contribution in [-0.2, 0) is 10.0 Å². The largest absolute Gasteiger partial charge is 0.374 e. The third kappa shape index (κ3) is 4.01. The predicted molar refractivity (Wildman–Crippen MR) is 113 cm³/mol. The predicted octanol–water partition coefficient (Wildman–Crippen LogP) is 4.46. The van der Waals surface area contributed by atoms with Gasteiger partial charge in [0, 0.05) is 0 Å². The van der Waals surface area contributed by atoms with Gasteiger partial charge in [-0.2, -0.15) is 4.57 Å². The molecule has 2 heterocycles. The molecule has 0 aliphatic heterocycles. The Hall–Kier alpha value is -3.16. The van der Waals surface area contributed by atoms with Crippen molar-refractivity contribution in [3.8, 4) is 5.82 Å². The van der Waals surface area contributed by atoms with Crippen molar-refractivity contribution in [1.29, 1.82) is 0 Å². The van der Waals surface area contributed by atoms with E-state index < -0.39 is 10.0 Å². The van der Waals surface area contributed by atoms with Crippen LogP contribution in [0.3, 0.4) is 0 Å². The van der Waals surface area contributed by atoms with Gasteiger partial charge in [0.2, 0.25) is 5.52 Å². The zero-order valence-corrected chi connectivity index (χ0v) is 17.2. The first-order valence-electron chi connectivity index (χ1n) is 9.15. The van der Waals surface area contributed by atoms with Crippen molar-refractivity contribution in [2.45, 2.75) is 25.7 Å². The van der Waals surface area contributed by atoms with E-state index in [1.54, 1.807) is 28.8 Å². The SMILES string of the molecule is Cc1ccc(S(=O)(O)=Nc2nc3ccccc3nc2-[n+]2cc(C)cc(C)c2)cc1. The molecule has 0 fully saturated rings. The molecule has 29 heavy (non-hydrogen) atoms. The van der Waals surface area contributed by atoms with Gasteiger partial charge in [-0.05, 0) is 67.2 Å². The van der Waals surface area contributed by atoms with Crippen LogP contribution in [0.2, 0.25) is 0 Å². The third-order valence-electron chi connectivity index (χ3n) is 4.46. The van der Waals surface area contributed by atoms with Gasteiger partial charge in [0.1, 0.15) is 5.52 Å². The van der Waals surface area contributed by atoms with E-state index in [4.69, 9.17) is 0 Å². The number of para-hydroxylation sites is 2. The van der Waals surface area contributed by atoms with Crippen molar-refractivity contribution in [1.82, 2.24) is 9.97 Å². The molecule has 0 aliphatic rings. The number of benzene rings is 2. The highest BCUT2D eigenvalue weighted by molar-refractivity contribution is 7.88. The summed E-state index contributed by atoms with van der Waals surface area (Å²) in [6, 6.07) is 16.2. The maximum Gasteiger partial charge on any atom is 0.374 e. The Morgan fingerprint density at radius 1 is 0.862 bits per heavy atom. The monoisotopic (exact) mass is 405 g/mol. The summed E-state index contributed by atoms with van der Waals surface area (Å²) >= 11 is 0. The van der Waals surface area contributed by atoms with Gasteiger partial charge in [0.05, 0.1) is 17.3 Å². The summed E-state index contributed by atoms with van der Waals surface area (Å²) in [6.45, 7) is 5.89. The van der Waals surface area contributed by atoms with Crippen LogP contribution in [0.1, 0.15) is 16.7 Å². The van der Waals surface area contributed by atoms with Gasteiger partial charge >= 0.3 is 5.82 Å². The van der Waals surface area contributed by atoms with E-state index >= 15 is 0 Å². The summed E-state index contributed by atoms with van der Waals surface area (Å²) in [5.74, 6) is 0.524. The standard InChI is InChI=1S/C22H20N4O2S/c1-15-8-10-18(11-9-15)29(27,28)25-21-22(26-13-16(2)12-17(3)14-26)24-20-7-5-4-6-19(20)23-21/h4-14H,1-3H3/p+1. The zero-order chi connectivity index (χ0) is 20.6. The molecule has 4 aromatic rings. The lowest BCUT2D eigenvalue weighted by molar-refractivity contribution is -0.599. The van der Waals surface area contributed by atoms with E-state index in [1.807, 2.05) is 63.5 Å². The molecular weight excluding hydrogens is 384 g/mol. The highest BCUT2D eigenvalue weighted by Crippen LogP contribution is 2.24. The Morgan fingerprint density at radius 2 is 1.45 bits per heavy atom. The minimum absolute atomic E-state index is 0.117. The number of hydrogen-bond acceptors (Lipinski definition) is 4. The van der Waals surface area contributed by atoms with E-state index in [9.17, 15) is 8.76 Å². The fraction of sp³-hybridized carbons (Fsp3) is 0.136. The molecule has 146 valence electrons. The average Bonchev–Trinajstić information content (AvgIpc) is 2.66. The lowest BCUT2D eigenvalue weighted by atomic mass is 10.2. The lowest BCUT2D eigenvalue weighted by Gasteiger charge is -2.06. The Bertz CT molecular complexity index is 1320. The smallest absolute Gasteiger partial charge is 0.296 e. The molecular formula is C22H21N4O2S+. The zero-order valence-electron chi connectivity index (χ0n) is 16.4. The molecule has 0 bridgehead atoms. The number of rotatable bonds is 3. The highest BCUT2D eigenvalue weighted by atomic mass is 32.2. The maximum absolute atomic E-state index is 13.0. The van der Waals surface area contributed by atoms with Gasteiger partial charge in [-0.25, -0.2) is 9.19 Å². The molecule has 6 nitrogen and oxygen atoms in total. The van der Waals surface area contributed by atoms with Crippen LogP contribution in [-0.4, -0.2) is 18.7 Å². The van der Waals surface area contributed by atoms with Crippen LogP contribution in [0.15, 0.2) is 76.2 Å². The molecule has 1 atom stereocenters. The molecule has 0 amide bonds. The van der Waals surface area contributed by atoms with Crippen LogP contribution in [0, 0.1) is 20.8 Å². The van der Waals surface area contributed by atoms with Gasteiger partial charge in [0.25, 0.3) is 5.82 Å². The fourth-order valence-corrected chi connectivity index (χ4v) is 4.09. The first-order chi connectivity index (χ1) is 13.8. The van der Waals surface area contributed by atoms with Gasteiger partial charge in [-0.15, -0.1) is 4.36 Å². The molecule has 2 aromatic carbocycles. The summed E-state index contributed by atoms with van der Waals surface area (Å²) in [7, 11) is -3.69. The maximum atomic E-state index is 13.0. The van der Waals surface area contributed by atoms with Crippen molar-refractivity contribution < 1.29 is 13.3 Å². The molecule has 4 rings (SSSR count). The van der Waals surface area contributed by atoms with Crippen LogP contribution in [0.5, 0.6) is 0 Å². The highest BCUT2D eigenvalue weighted by Gasteiger charge is 2.22. The van der Waals surface area contributed by atoms with E-state index in [0.29, 0.717) is 16.9 Å². The second-order valence-corrected chi connectivity index (χ2v) is 8.71. The summed E-state index contributed by atoms with van der Waals surface area (Å²) in [5.41, 5.74) is 4.37. The van der Waals surface area contributed by atoms with Crippen molar-refractivity contribution in [3.63, 3.8) is 0 Å². The Kier molecular flexibility index (Phi) is 4.86. The van der Waals surface area contributed by atoms with Crippen molar-refractivity contribution in [2.75, 3.05) is 0 Å². The molecule has 0 spiro atoms. The summed E-state index contributed by atoms with van der Waals surface area (Å²) in [4.78, 5) is 9.47. The minimum atomic E-state index is -3.69. The van der Waals surface area contributed by atoms with E-state index in [0.717, 1.165) is 16.7 Å². The molecule has 1 N–H and O–H groups in total. The van der Waals surface area contributed by atoms with E-state index in [1.165, 1.54) is 0 Å². The lowest BCUT2D eigenvalue weighted by Crippen LogP contribution is -2.32. The van der Waals surface area contributed by atoms with Gasteiger partial charge < -0.3 is 0 Å². The summed E-state index contributed by atoms with van der Waals surface area (Å²) in [6.07, 6.45) is 3.80. The normalized spacial score (nSPS) is 13.2. The Morgan fingerprint density at radius 3 is 2.07 bits per heavy atom. The van der Waals surface area contributed by atoms with E-state index in [-0.39, 0.29) is 10.7 Å². The average molecular weight is 406 g/mol. The van der Waals surface area contributed by atoms with Crippen LogP contribution >= 0.6 is 0 Å². The number of nitrogens with zero attached hydrogens (tertiary/aromatic N) is 4.